The molecule has 5 heterocycles. The van der Waals surface area contributed by atoms with Crippen molar-refractivity contribution in [3.63, 3.8) is 0 Å². The number of aliphatic hydroxyl groups is 2. The molecule has 0 amide bonds. The molecule has 2 aromatic carbocycles. The number of carbonyl (C=O) groups excluding carboxylic acids is 3. The molecule has 10 rings (SSSR count). The summed E-state index contributed by atoms with van der Waals surface area (Å²) in [4.78, 5) is 51.4. The molecule has 0 radical (unpaired) electrons. The van der Waals surface area contributed by atoms with Gasteiger partial charge in [-0.25, -0.2) is 4.79 Å². The topological polar surface area (TPSA) is 148 Å². The number of rotatable bonds is 11. The summed E-state index contributed by atoms with van der Waals surface area (Å²) in [7, 11) is 8.03. The molecule has 1 saturated carbocycles. The van der Waals surface area contributed by atoms with Crippen LogP contribution in [0.1, 0.15) is 76.0 Å². The first kappa shape index (κ1) is 48.2. The second-order valence-electron chi connectivity index (χ2n) is 21.1. The number of methoxy groups -OCH3 is 4. The van der Waals surface area contributed by atoms with Crippen LogP contribution in [0.25, 0.3) is 5.57 Å². The number of piperidine rings is 1. The van der Waals surface area contributed by atoms with E-state index in [1.165, 1.54) is 32.3 Å². The predicted octanol–water partition coefficient (Wildman–Crippen LogP) is 6.36. The first-order chi connectivity index (χ1) is 33.1. The minimum Gasteiger partial charge on any atom is -0.497 e. The van der Waals surface area contributed by atoms with E-state index in [0.717, 1.165) is 57.5 Å². The maximum absolute atomic E-state index is 15.8. The van der Waals surface area contributed by atoms with Crippen LogP contribution in [-0.4, -0.2) is 147 Å². The van der Waals surface area contributed by atoms with Crippen LogP contribution in [-0.2, 0) is 45.5 Å². The van der Waals surface area contributed by atoms with Crippen LogP contribution in [0.15, 0.2) is 88.5 Å². The van der Waals surface area contributed by atoms with Gasteiger partial charge in [0.15, 0.2) is 6.10 Å². The summed E-state index contributed by atoms with van der Waals surface area (Å²) in [5.74, 6) is -0.841. The van der Waals surface area contributed by atoms with Gasteiger partial charge in [0.25, 0.3) is 0 Å². The van der Waals surface area contributed by atoms with E-state index in [-0.39, 0.29) is 17.9 Å². The Bertz CT molecular complexity index is 2540. The van der Waals surface area contributed by atoms with E-state index >= 15 is 4.79 Å². The zero-order valence-electron chi connectivity index (χ0n) is 41.4. The molecule has 2 aromatic rings. The van der Waals surface area contributed by atoms with Gasteiger partial charge in [-0.05, 0) is 121 Å². The van der Waals surface area contributed by atoms with E-state index in [9.17, 15) is 19.8 Å². The highest BCUT2D eigenvalue weighted by Crippen LogP contribution is 2.71. The number of likely N-dealkylation sites (tertiary alicyclic amines) is 1. The molecule has 5 aliphatic heterocycles. The quantitative estimate of drug-likeness (QED) is 0.112. The number of carbonyl (C=O) groups is 3. The summed E-state index contributed by atoms with van der Waals surface area (Å²) in [5, 5.41) is 25.7. The number of fused-ring (bicyclic) bond motifs is 5. The van der Waals surface area contributed by atoms with E-state index in [1.807, 2.05) is 37.9 Å². The zero-order valence-corrected chi connectivity index (χ0v) is 42.2. The molecule has 3 saturated heterocycles. The molecule has 1 spiro atoms. The molecule has 370 valence electrons. The van der Waals surface area contributed by atoms with E-state index in [2.05, 4.69) is 64.4 Å². The smallest absolute Gasteiger partial charge is 0.344 e. The number of allylic oxidation sites excluding steroid dienone is 1. The van der Waals surface area contributed by atoms with Gasteiger partial charge in [-0.1, -0.05) is 50.3 Å². The van der Waals surface area contributed by atoms with Gasteiger partial charge in [-0.15, -0.1) is 11.8 Å². The highest BCUT2D eigenvalue weighted by molar-refractivity contribution is 7.98. The van der Waals surface area contributed by atoms with Crippen molar-refractivity contribution in [3.8, 4) is 5.75 Å². The standard InChI is InChI=1S/C55H69N3O10S/c1-9-51(62)28-35-29-54(49(60)66-7,41-24-36-14-17-38(69-31-34-12-15-37(64-5)16-13-34)25-40(36)39(41)18-22-57(30-35)32-51)43-26-42-44(27-45(43)65-6)56(4)47-53(42)20-23-58-21-11-19-52(10-2,46(53)58)48(68-33(3)59)55(47,63)50(61)67-8/h11-17,19,25-27,35,43,45-48,62-63H,9-10,18,20-24,28-32H2,1-8H3/t35-,43?,45?,46+,47-,48-,51+,52-,53-,54-,55+/m1/s1. The molecule has 3 unspecified atom stereocenters. The minimum absolute atomic E-state index is 0.0609. The molecule has 0 aromatic heterocycles. The van der Waals surface area contributed by atoms with Crippen LogP contribution in [0, 0.1) is 28.1 Å². The normalized spacial score (nSPS) is 37.4. The highest BCUT2D eigenvalue weighted by atomic mass is 32.2. The van der Waals surface area contributed by atoms with Gasteiger partial charge in [0, 0.05) is 86.4 Å². The van der Waals surface area contributed by atoms with Gasteiger partial charge in [0.1, 0.15) is 5.75 Å². The number of ether oxygens (including phenoxy) is 5. The maximum Gasteiger partial charge on any atom is 0.344 e. The van der Waals surface area contributed by atoms with Gasteiger partial charge >= 0.3 is 17.9 Å². The second kappa shape index (κ2) is 17.7. The van der Waals surface area contributed by atoms with Crippen molar-refractivity contribution in [1.29, 1.82) is 0 Å². The van der Waals surface area contributed by atoms with E-state index in [0.29, 0.717) is 64.6 Å². The number of hydrogen-bond acceptors (Lipinski definition) is 14. The summed E-state index contributed by atoms with van der Waals surface area (Å²) >= 11 is 1.78. The van der Waals surface area contributed by atoms with E-state index < -0.39 is 63.6 Å². The first-order valence-corrected chi connectivity index (χ1v) is 25.8. The Kier molecular flexibility index (Phi) is 12.4. The van der Waals surface area contributed by atoms with Gasteiger partial charge in [-0.3, -0.25) is 19.4 Å². The lowest BCUT2D eigenvalue weighted by Crippen LogP contribution is -2.79. The molecule has 14 heteroatoms. The van der Waals surface area contributed by atoms with Gasteiger partial charge in [0.05, 0.1) is 44.5 Å². The molecule has 12 atom stereocenters. The Morgan fingerprint density at radius 2 is 1.68 bits per heavy atom. The van der Waals surface area contributed by atoms with Crippen molar-refractivity contribution < 1.29 is 48.3 Å². The molecule has 69 heavy (non-hydrogen) atoms. The molecule has 13 nitrogen and oxygen atoms in total. The Labute approximate surface area is 410 Å². The van der Waals surface area contributed by atoms with E-state index in [4.69, 9.17) is 23.7 Å². The zero-order chi connectivity index (χ0) is 48.8. The minimum atomic E-state index is -2.29. The third-order valence-corrected chi connectivity index (χ3v) is 19.1. The predicted molar refractivity (Wildman–Crippen MR) is 262 cm³/mol. The first-order valence-electron chi connectivity index (χ1n) is 24.9. The van der Waals surface area contributed by atoms with Crippen LogP contribution < -0.4 is 4.74 Å². The van der Waals surface area contributed by atoms with Crippen molar-refractivity contribution in [3.05, 3.63) is 100 Å². The number of benzene rings is 2. The van der Waals surface area contributed by atoms with Crippen LogP contribution in [0.2, 0.25) is 0 Å². The monoisotopic (exact) mass is 963 g/mol. The fourth-order valence-corrected chi connectivity index (χ4v) is 16.2. The molecule has 2 bridgehead atoms. The van der Waals surface area contributed by atoms with Crippen LogP contribution in [0.4, 0.5) is 0 Å². The van der Waals surface area contributed by atoms with Crippen molar-refractivity contribution in [2.75, 3.05) is 68.2 Å². The fraction of sp³-hybridized carbons (Fsp3) is 0.582. The average Bonchev–Trinajstić information content (AvgIpc) is 4.02. The largest absolute Gasteiger partial charge is 0.497 e. The van der Waals surface area contributed by atoms with Gasteiger partial charge in [0.2, 0.25) is 5.60 Å². The number of hydrogen-bond donors (Lipinski definition) is 2. The summed E-state index contributed by atoms with van der Waals surface area (Å²) in [6.07, 6.45) is 10.5. The number of likely N-dealkylation sites (N-methyl/N-ethyl adjacent to an activating group) is 1. The molecular formula is C55H69N3O10S. The highest BCUT2D eigenvalue weighted by Gasteiger charge is 2.81. The van der Waals surface area contributed by atoms with E-state index in [1.54, 1.807) is 26.0 Å². The van der Waals surface area contributed by atoms with Crippen LogP contribution >= 0.6 is 11.8 Å². The molecule has 2 N–H and O–H groups in total. The fourth-order valence-electron chi connectivity index (χ4n) is 15.3. The summed E-state index contributed by atoms with van der Waals surface area (Å²) in [6, 6.07) is 13.7. The number of thioether (sulfide) groups is 1. The molecule has 4 fully saturated rings. The number of nitrogens with zero attached hydrogens (tertiary/aromatic N) is 3. The van der Waals surface area contributed by atoms with Gasteiger partial charge in [-0.2, -0.15) is 0 Å². The lowest BCUT2D eigenvalue weighted by Gasteiger charge is -2.63. The third-order valence-electron chi connectivity index (χ3n) is 18.0. The lowest BCUT2D eigenvalue weighted by atomic mass is 9.47. The molecule has 8 aliphatic rings. The lowest BCUT2D eigenvalue weighted by molar-refractivity contribution is -0.243. The van der Waals surface area contributed by atoms with Crippen molar-refractivity contribution in [2.45, 2.75) is 112 Å². The number of esters is 3. The SMILES string of the molecule is CC[C@]1(O)C[C@H]2CN(CCC3=C(Cc4ccc(SCc5ccc(OC)cc5)cc43)[C@@](C(=O)OC)(C3C=C4C(=CC3OC)N(C)[C@H]3[C@@](O)(C(=O)OC)[C@H](OC(C)=O)[C@]5(CC)C=CCN6CC[C@]43[C@@H]65)C2)C1. The van der Waals surface area contributed by atoms with Crippen LogP contribution in [0.3, 0.4) is 0 Å². The second-order valence-corrected chi connectivity index (χ2v) is 22.2. The maximum atomic E-state index is 15.8. The summed E-state index contributed by atoms with van der Waals surface area (Å²) < 4.78 is 29.9. The van der Waals surface area contributed by atoms with Gasteiger partial charge < -0.3 is 38.8 Å². The Morgan fingerprint density at radius 3 is 2.36 bits per heavy atom. The van der Waals surface area contributed by atoms with Crippen molar-refractivity contribution in [2.24, 2.45) is 28.1 Å². The molecular weight excluding hydrogens is 895 g/mol. The summed E-state index contributed by atoms with van der Waals surface area (Å²) in [6.45, 7) is 8.76. The van der Waals surface area contributed by atoms with Crippen molar-refractivity contribution in [1.82, 2.24) is 14.7 Å². The molecule has 3 aliphatic carbocycles. The average molecular weight is 964 g/mol. The van der Waals surface area contributed by atoms with Crippen molar-refractivity contribution >= 4 is 35.2 Å². The Hall–Kier alpha value is -4.44. The Balaban J connectivity index is 1.18. The Morgan fingerprint density at radius 1 is 0.913 bits per heavy atom. The summed E-state index contributed by atoms with van der Waals surface area (Å²) in [5.41, 5.74) is 1.11. The third kappa shape index (κ3) is 7.07. The van der Waals surface area contributed by atoms with Crippen LogP contribution in [0.5, 0.6) is 5.75 Å².